The zero-order valence-electron chi connectivity index (χ0n) is 11.2. The van der Waals surface area contributed by atoms with Crippen LogP contribution in [0.2, 0.25) is 0 Å². The minimum Gasteiger partial charge on any atom is -0.369 e. The summed E-state index contributed by atoms with van der Waals surface area (Å²) in [4.78, 5) is 11.2. The highest BCUT2D eigenvalue weighted by Gasteiger charge is 2.14. The molecule has 96 valence electrons. The van der Waals surface area contributed by atoms with Gasteiger partial charge >= 0.3 is 0 Å². The van der Waals surface area contributed by atoms with Gasteiger partial charge in [-0.3, -0.25) is 0 Å². The molecule has 0 saturated carbocycles. The van der Waals surface area contributed by atoms with Crippen LogP contribution in [0.25, 0.3) is 0 Å². The molecule has 0 spiro atoms. The number of anilines is 1. The summed E-state index contributed by atoms with van der Waals surface area (Å²) in [6, 6.07) is 0. The monoisotopic (exact) mass is 300 g/mol. The molecule has 0 unspecified atom stereocenters. The maximum absolute atomic E-state index is 4.62. The lowest BCUT2D eigenvalue weighted by atomic mass is 10.1. The van der Waals surface area contributed by atoms with Gasteiger partial charge in [0.05, 0.1) is 16.7 Å². The second kappa shape index (κ2) is 6.31. The zero-order chi connectivity index (χ0) is 13.0. The van der Waals surface area contributed by atoms with Crippen LogP contribution in [0.1, 0.15) is 38.2 Å². The molecule has 1 heterocycles. The summed E-state index contributed by atoms with van der Waals surface area (Å²) < 4.78 is 0.983. The fraction of sp³-hybridized carbons (Fsp3) is 0.667. The Morgan fingerprint density at radius 1 is 1.29 bits per heavy atom. The molecule has 0 atom stereocenters. The second-order valence-electron chi connectivity index (χ2n) is 4.61. The highest BCUT2D eigenvalue weighted by molar-refractivity contribution is 9.10. The molecule has 0 aliphatic heterocycles. The van der Waals surface area contributed by atoms with Gasteiger partial charge in [-0.15, -0.1) is 0 Å². The van der Waals surface area contributed by atoms with Gasteiger partial charge in [-0.25, -0.2) is 9.97 Å². The number of halogens is 1. The van der Waals surface area contributed by atoms with E-state index in [2.05, 4.69) is 56.9 Å². The van der Waals surface area contributed by atoms with Gasteiger partial charge in [0.1, 0.15) is 11.6 Å². The van der Waals surface area contributed by atoms with Crippen LogP contribution in [-0.4, -0.2) is 35.5 Å². The van der Waals surface area contributed by atoms with Crippen molar-refractivity contribution in [3.63, 3.8) is 0 Å². The number of nitrogens with one attached hydrogen (secondary N) is 1. The van der Waals surface area contributed by atoms with Crippen LogP contribution < -0.4 is 5.32 Å². The van der Waals surface area contributed by atoms with E-state index < -0.39 is 0 Å². The van der Waals surface area contributed by atoms with Crippen LogP contribution >= 0.6 is 15.9 Å². The summed E-state index contributed by atoms with van der Waals surface area (Å²) in [5, 5.41) is 3.27. The quantitative estimate of drug-likeness (QED) is 0.908. The van der Waals surface area contributed by atoms with Gasteiger partial charge in [0.2, 0.25) is 0 Å². The Balaban J connectivity index is 3.16. The van der Waals surface area contributed by atoms with E-state index in [0.29, 0.717) is 5.92 Å². The Kier molecular flexibility index (Phi) is 5.33. The molecule has 4 nitrogen and oxygen atoms in total. The molecule has 0 aromatic carbocycles. The predicted molar refractivity (Wildman–Crippen MR) is 75.4 cm³/mol. The topological polar surface area (TPSA) is 41.1 Å². The van der Waals surface area contributed by atoms with Gasteiger partial charge in [0, 0.05) is 6.54 Å². The van der Waals surface area contributed by atoms with Crippen LogP contribution in [0, 0.1) is 0 Å². The van der Waals surface area contributed by atoms with Gasteiger partial charge in [-0.05, 0) is 42.9 Å². The summed E-state index contributed by atoms with van der Waals surface area (Å²) in [7, 11) is 4.04. The van der Waals surface area contributed by atoms with Crippen LogP contribution in [0.15, 0.2) is 4.47 Å². The van der Waals surface area contributed by atoms with Gasteiger partial charge < -0.3 is 10.2 Å². The van der Waals surface area contributed by atoms with Gasteiger partial charge in [-0.2, -0.15) is 0 Å². The summed E-state index contributed by atoms with van der Waals surface area (Å²) in [6.45, 7) is 7.96. The van der Waals surface area contributed by atoms with E-state index >= 15 is 0 Å². The number of hydrogen-bond acceptors (Lipinski definition) is 4. The minimum absolute atomic E-state index is 0.380. The average molecular weight is 301 g/mol. The first-order chi connectivity index (χ1) is 7.95. The third-order valence-electron chi connectivity index (χ3n) is 2.27. The molecule has 1 rings (SSSR count). The minimum atomic E-state index is 0.380. The molecule has 1 aromatic rings. The molecule has 17 heavy (non-hydrogen) atoms. The SMILES string of the molecule is CCNc1nc(CN(C)C)nc(C(C)C)c1Br. The lowest BCUT2D eigenvalue weighted by Crippen LogP contribution is -2.16. The second-order valence-corrected chi connectivity index (χ2v) is 5.40. The highest BCUT2D eigenvalue weighted by atomic mass is 79.9. The van der Waals surface area contributed by atoms with Crippen molar-refractivity contribution in [3.05, 3.63) is 16.0 Å². The van der Waals surface area contributed by atoms with Crippen LogP contribution in [0.5, 0.6) is 0 Å². The van der Waals surface area contributed by atoms with E-state index in [9.17, 15) is 0 Å². The molecule has 0 aliphatic rings. The van der Waals surface area contributed by atoms with Crippen molar-refractivity contribution < 1.29 is 0 Å². The van der Waals surface area contributed by atoms with Crippen LogP contribution in [0.4, 0.5) is 5.82 Å². The van der Waals surface area contributed by atoms with E-state index in [1.54, 1.807) is 0 Å². The molecule has 0 aliphatic carbocycles. The average Bonchev–Trinajstić information content (AvgIpc) is 2.21. The Bertz CT molecular complexity index is 377. The van der Waals surface area contributed by atoms with Crippen molar-refractivity contribution in [1.82, 2.24) is 14.9 Å². The molecule has 0 bridgehead atoms. The molecule has 0 fully saturated rings. The molecule has 0 saturated heterocycles. The summed E-state index contributed by atoms with van der Waals surface area (Å²) in [5.41, 5.74) is 1.06. The zero-order valence-corrected chi connectivity index (χ0v) is 12.8. The van der Waals surface area contributed by atoms with Crippen molar-refractivity contribution in [2.45, 2.75) is 33.2 Å². The molecule has 0 amide bonds. The third-order valence-corrected chi connectivity index (χ3v) is 3.05. The van der Waals surface area contributed by atoms with E-state index in [-0.39, 0.29) is 0 Å². The van der Waals surface area contributed by atoms with Crippen LogP contribution in [-0.2, 0) is 6.54 Å². The highest BCUT2D eigenvalue weighted by Crippen LogP contribution is 2.28. The van der Waals surface area contributed by atoms with E-state index in [1.807, 2.05) is 14.1 Å². The van der Waals surface area contributed by atoms with E-state index in [0.717, 1.165) is 34.9 Å². The number of aromatic nitrogens is 2. The molecule has 1 N–H and O–H groups in total. The van der Waals surface area contributed by atoms with Crippen molar-refractivity contribution in [3.8, 4) is 0 Å². The summed E-state index contributed by atoms with van der Waals surface area (Å²) in [6.07, 6.45) is 0. The van der Waals surface area contributed by atoms with Gasteiger partial charge in [0.25, 0.3) is 0 Å². The van der Waals surface area contributed by atoms with Gasteiger partial charge in [-0.1, -0.05) is 13.8 Å². The maximum atomic E-state index is 4.62. The fourth-order valence-electron chi connectivity index (χ4n) is 1.53. The van der Waals surface area contributed by atoms with Gasteiger partial charge in [0.15, 0.2) is 0 Å². The summed E-state index contributed by atoms with van der Waals surface area (Å²) >= 11 is 3.58. The van der Waals surface area contributed by atoms with Crippen molar-refractivity contribution in [2.75, 3.05) is 26.0 Å². The third kappa shape index (κ3) is 3.92. The lowest BCUT2D eigenvalue weighted by molar-refractivity contribution is 0.389. The lowest BCUT2D eigenvalue weighted by Gasteiger charge is -2.16. The van der Waals surface area contributed by atoms with Crippen molar-refractivity contribution in [2.24, 2.45) is 0 Å². The first-order valence-corrected chi connectivity index (χ1v) is 6.69. The number of hydrogen-bond donors (Lipinski definition) is 1. The number of nitrogens with zero attached hydrogens (tertiary/aromatic N) is 3. The van der Waals surface area contributed by atoms with Crippen LogP contribution in [0.3, 0.4) is 0 Å². The number of rotatable bonds is 5. The molecule has 1 aromatic heterocycles. The smallest absolute Gasteiger partial charge is 0.145 e. The molecule has 0 radical (unpaired) electrons. The molecular weight excluding hydrogens is 280 g/mol. The van der Waals surface area contributed by atoms with Crippen molar-refractivity contribution >= 4 is 21.7 Å². The normalized spacial score (nSPS) is 11.3. The first-order valence-electron chi connectivity index (χ1n) is 5.90. The molecule has 5 heteroatoms. The van der Waals surface area contributed by atoms with E-state index in [4.69, 9.17) is 0 Å². The van der Waals surface area contributed by atoms with Crippen molar-refractivity contribution in [1.29, 1.82) is 0 Å². The Morgan fingerprint density at radius 2 is 1.94 bits per heavy atom. The largest absolute Gasteiger partial charge is 0.369 e. The Labute approximate surface area is 112 Å². The maximum Gasteiger partial charge on any atom is 0.145 e. The summed E-state index contributed by atoms with van der Waals surface area (Å²) in [5.74, 6) is 2.13. The fourth-order valence-corrected chi connectivity index (χ4v) is 2.31. The van der Waals surface area contributed by atoms with E-state index in [1.165, 1.54) is 0 Å². The Hall–Kier alpha value is -0.680. The predicted octanol–water partition coefficient (Wildman–Crippen LogP) is 2.86. The molecular formula is C12H21BrN4. The Morgan fingerprint density at radius 3 is 2.41 bits per heavy atom. The first kappa shape index (κ1) is 14.4. The standard InChI is InChI=1S/C12H21BrN4/c1-6-14-12-10(13)11(8(2)3)15-9(16-12)7-17(4)5/h8H,6-7H2,1-5H3,(H,14,15,16).